The van der Waals surface area contributed by atoms with Crippen molar-refractivity contribution < 1.29 is 9.90 Å². The first-order chi connectivity index (χ1) is 11.7. The minimum absolute atomic E-state index is 0.126. The predicted octanol–water partition coefficient (Wildman–Crippen LogP) is -0.205. The molecule has 9 nitrogen and oxygen atoms in total. The van der Waals surface area contributed by atoms with Crippen molar-refractivity contribution in [2.45, 2.75) is 24.9 Å². The Morgan fingerprint density at radius 1 is 1.12 bits per heavy atom. The van der Waals surface area contributed by atoms with Crippen molar-refractivity contribution in [3.8, 4) is 0 Å². The van der Waals surface area contributed by atoms with E-state index in [4.69, 9.17) is 0 Å². The Morgan fingerprint density at radius 2 is 1.92 bits per heavy atom. The average molecular weight is 329 g/mol. The van der Waals surface area contributed by atoms with Gasteiger partial charge in [-0.2, -0.15) is 5.10 Å². The third-order valence-corrected chi connectivity index (χ3v) is 4.71. The number of piperazine rings is 1. The van der Waals surface area contributed by atoms with Crippen LogP contribution in [0.25, 0.3) is 0 Å². The molecule has 24 heavy (non-hydrogen) atoms. The van der Waals surface area contributed by atoms with Crippen molar-refractivity contribution in [1.29, 1.82) is 0 Å². The summed E-state index contributed by atoms with van der Waals surface area (Å²) in [5.41, 5.74) is 0.991. The summed E-state index contributed by atoms with van der Waals surface area (Å²) in [7, 11) is 0. The van der Waals surface area contributed by atoms with E-state index in [-0.39, 0.29) is 17.8 Å². The number of aromatic amines is 1. The van der Waals surface area contributed by atoms with Crippen LogP contribution in [0.2, 0.25) is 0 Å². The number of aromatic nitrogens is 5. The summed E-state index contributed by atoms with van der Waals surface area (Å²) in [5, 5.41) is 15.8. The summed E-state index contributed by atoms with van der Waals surface area (Å²) in [6.07, 6.45) is 4.27. The van der Waals surface area contributed by atoms with Crippen LogP contribution >= 0.6 is 0 Å². The number of nitrogens with one attached hydrogen (secondary N) is 1. The Labute approximate surface area is 138 Å². The summed E-state index contributed by atoms with van der Waals surface area (Å²) in [6.45, 7) is 2.65. The van der Waals surface area contributed by atoms with Crippen molar-refractivity contribution in [1.82, 2.24) is 30.0 Å². The van der Waals surface area contributed by atoms with Gasteiger partial charge in [0, 0.05) is 43.9 Å². The van der Waals surface area contributed by atoms with Gasteiger partial charge < -0.3 is 14.9 Å². The molecule has 4 rings (SSSR count). The summed E-state index contributed by atoms with van der Waals surface area (Å²) in [4.78, 5) is 28.8. The van der Waals surface area contributed by atoms with Crippen molar-refractivity contribution in [2.24, 2.45) is 0 Å². The average Bonchev–Trinajstić information content (AvgIpc) is 3.13. The Bertz CT molecular complexity index is 706. The Balaban J connectivity index is 1.39. The summed E-state index contributed by atoms with van der Waals surface area (Å²) < 4.78 is 0. The second kappa shape index (κ2) is 6.16. The molecular weight excluding hydrogens is 310 g/mol. The van der Waals surface area contributed by atoms with Gasteiger partial charge in [-0.15, -0.1) is 0 Å². The van der Waals surface area contributed by atoms with Gasteiger partial charge in [-0.1, -0.05) is 0 Å². The number of aliphatic hydroxyl groups is 1. The molecular formula is C15H19N7O2. The number of rotatable bonds is 3. The minimum atomic E-state index is -0.195. The first-order valence-corrected chi connectivity index (χ1v) is 8.10. The van der Waals surface area contributed by atoms with E-state index in [9.17, 15) is 9.90 Å². The van der Waals surface area contributed by atoms with Crippen LogP contribution in [0.15, 0.2) is 18.7 Å². The molecule has 0 bridgehead atoms. The maximum Gasteiger partial charge on any atom is 0.291 e. The molecule has 0 radical (unpaired) electrons. The molecule has 1 aliphatic carbocycles. The zero-order chi connectivity index (χ0) is 16.5. The topological polar surface area (TPSA) is 111 Å². The number of carbonyl (C=O) groups excluding carboxylic acids is 1. The standard InChI is InChI=1S/C15H19N7O2/c23-11-5-10(6-11)12-7-13(17-8-16-12)21-1-3-22(4-2-21)15(24)14-18-9-19-20-14/h7-11,23H,1-6H2,(H,18,19,20). The molecule has 2 aromatic heterocycles. The number of nitrogens with zero attached hydrogens (tertiary/aromatic N) is 6. The highest BCUT2D eigenvalue weighted by Crippen LogP contribution is 2.36. The van der Waals surface area contributed by atoms with Crippen LogP contribution < -0.4 is 4.90 Å². The summed E-state index contributed by atoms with van der Waals surface area (Å²) in [5.74, 6) is 1.36. The molecule has 1 aliphatic heterocycles. The van der Waals surface area contributed by atoms with Crippen LogP contribution in [0.1, 0.15) is 35.1 Å². The van der Waals surface area contributed by atoms with Crippen LogP contribution in [0.3, 0.4) is 0 Å². The van der Waals surface area contributed by atoms with Crippen LogP contribution in [0.4, 0.5) is 5.82 Å². The summed E-state index contributed by atoms with van der Waals surface area (Å²) >= 11 is 0. The highest BCUT2D eigenvalue weighted by Gasteiger charge is 2.30. The molecule has 1 saturated heterocycles. The van der Waals surface area contributed by atoms with Crippen LogP contribution in [0.5, 0.6) is 0 Å². The van der Waals surface area contributed by atoms with E-state index < -0.39 is 0 Å². The van der Waals surface area contributed by atoms with Crippen LogP contribution in [-0.2, 0) is 0 Å². The normalized spacial score (nSPS) is 23.9. The Kier molecular flexibility index (Phi) is 3.85. The molecule has 3 heterocycles. The number of amides is 1. The van der Waals surface area contributed by atoms with Gasteiger partial charge in [0.25, 0.3) is 5.91 Å². The molecule has 1 saturated carbocycles. The Morgan fingerprint density at radius 3 is 2.58 bits per heavy atom. The van der Waals surface area contributed by atoms with Crippen LogP contribution in [0, 0.1) is 0 Å². The monoisotopic (exact) mass is 329 g/mol. The smallest absolute Gasteiger partial charge is 0.291 e. The molecule has 1 amide bonds. The predicted molar refractivity (Wildman–Crippen MR) is 84.5 cm³/mol. The fraction of sp³-hybridized carbons (Fsp3) is 0.533. The number of hydrogen-bond donors (Lipinski definition) is 2. The molecule has 2 aromatic rings. The lowest BCUT2D eigenvalue weighted by molar-refractivity contribution is 0.0731. The molecule has 0 aromatic carbocycles. The van der Waals surface area contributed by atoms with Gasteiger partial charge >= 0.3 is 0 Å². The first-order valence-electron chi connectivity index (χ1n) is 8.10. The SMILES string of the molecule is O=C(c1ncn[nH]1)N1CCN(c2cc(C3CC(O)C3)ncn2)CC1. The zero-order valence-corrected chi connectivity index (χ0v) is 13.2. The van der Waals surface area contributed by atoms with Gasteiger partial charge in [0.2, 0.25) is 5.82 Å². The first kappa shape index (κ1) is 15.0. The molecule has 0 atom stereocenters. The largest absolute Gasteiger partial charge is 0.393 e. The van der Waals surface area contributed by atoms with Crippen molar-refractivity contribution >= 4 is 11.7 Å². The fourth-order valence-electron chi connectivity index (χ4n) is 3.18. The number of hydrogen-bond acceptors (Lipinski definition) is 7. The second-order valence-electron chi connectivity index (χ2n) is 6.24. The van der Waals surface area contributed by atoms with Crippen LogP contribution in [-0.4, -0.2) is 73.3 Å². The van der Waals surface area contributed by atoms with E-state index in [0.29, 0.717) is 32.1 Å². The quantitative estimate of drug-likeness (QED) is 0.802. The molecule has 2 fully saturated rings. The molecule has 9 heteroatoms. The fourth-order valence-corrected chi connectivity index (χ4v) is 3.18. The van der Waals surface area contributed by atoms with Gasteiger partial charge in [-0.25, -0.2) is 15.0 Å². The van der Waals surface area contributed by atoms with Gasteiger partial charge in [-0.3, -0.25) is 9.89 Å². The molecule has 126 valence electrons. The Hall–Kier alpha value is -2.55. The molecule has 2 N–H and O–H groups in total. The second-order valence-corrected chi connectivity index (χ2v) is 6.24. The zero-order valence-electron chi connectivity index (χ0n) is 13.2. The maximum absolute atomic E-state index is 12.2. The van der Waals surface area contributed by atoms with Gasteiger partial charge in [0.05, 0.1) is 6.10 Å². The molecule has 2 aliphatic rings. The van der Waals surface area contributed by atoms with E-state index in [1.807, 2.05) is 6.07 Å². The van der Waals surface area contributed by atoms with E-state index in [2.05, 4.69) is 30.0 Å². The number of anilines is 1. The lowest BCUT2D eigenvalue weighted by Crippen LogP contribution is -2.49. The molecule has 0 spiro atoms. The van der Waals surface area contributed by atoms with Crippen molar-refractivity contribution in [3.05, 3.63) is 30.2 Å². The third-order valence-electron chi connectivity index (χ3n) is 4.71. The lowest BCUT2D eigenvalue weighted by Gasteiger charge is -2.35. The van der Waals surface area contributed by atoms with Gasteiger partial charge in [0.1, 0.15) is 18.5 Å². The van der Waals surface area contributed by atoms with Crippen molar-refractivity contribution in [3.63, 3.8) is 0 Å². The van der Waals surface area contributed by atoms with Gasteiger partial charge in [0.15, 0.2) is 0 Å². The number of H-pyrrole nitrogens is 1. The van der Waals surface area contributed by atoms with E-state index in [1.165, 1.54) is 6.33 Å². The number of aliphatic hydroxyl groups excluding tert-OH is 1. The van der Waals surface area contributed by atoms with Gasteiger partial charge in [-0.05, 0) is 12.8 Å². The summed E-state index contributed by atoms with van der Waals surface area (Å²) in [6, 6.07) is 2.00. The highest BCUT2D eigenvalue weighted by molar-refractivity contribution is 5.90. The highest BCUT2D eigenvalue weighted by atomic mass is 16.3. The van der Waals surface area contributed by atoms with Crippen molar-refractivity contribution in [2.75, 3.05) is 31.1 Å². The molecule has 0 unspecified atom stereocenters. The minimum Gasteiger partial charge on any atom is -0.393 e. The lowest BCUT2D eigenvalue weighted by atomic mass is 9.80. The number of carbonyl (C=O) groups is 1. The maximum atomic E-state index is 12.2. The van der Waals surface area contributed by atoms with E-state index in [1.54, 1.807) is 11.2 Å². The van der Waals surface area contributed by atoms with E-state index in [0.717, 1.165) is 24.4 Å². The third kappa shape index (κ3) is 2.82. The van der Waals surface area contributed by atoms with E-state index >= 15 is 0 Å².